The number of rotatable bonds is 6. The summed E-state index contributed by atoms with van der Waals surface area (Å²) in [6.45, 7) is 3.97. The Labute approximate surface area is 149 Å². The first-order valence-corrected chi connectivity index (χ1v) is 7.86. The molecule has 1 aliphatic rings. The third-order valence-corrected chi connectivity index (χ3v) is 3.64. The zero-order chi connectivity index (χ0) is 19.4. The molecule has 0 spiro atoms. The van der Waals surface area contributed by atoms with E-state index in [2.05, 4.69) is 15.8 Å². The lowest BCUT2D eigenvalue weighted by Crippen LogP contribution is -2.35. The summed E-state index contributed by atoms with van der Waals surface area (Å²) in [4.78, 5) is 4.38. The van der Waals surface area contributed by atoms with Crippen molar-refractivity contribution >= 4 is 17.4 Å². The highest BCUT2D eigenvalue weighted by Crippen LogP contribution is 2.16. The van der Waals surface area contributed by atoms with Crippen LogP contribution in [-0.4, -0.2) is 23.5 Å². The Balaban J connectivity index is 2.31. The number of halogens is 2. The van der Waals surface area contributed by atoms with E-state index in [1.165, 1.54) is 6.08 Å². The first-order chi connectivity index (χ1) is 12.2. The summed E-state index contributed by atoms with van der Waals surface area (Å²) in [7, 11) is 0. The third kappa shape index (κ3) is 4.31. The van der Waals surface area contributed by atoms with Crippen molar-refractivity contribution in [3.63, 3.8) is 0 Å². The topological polar surface area (TPSA) is 136 Å². The molecular weight excluding hydrogens is 340 g/mol. The van der Waals surface area contributed by atoms with Gasteiger partial charge in [0.05, 0.1) is 11.3 Å². The lowest BCUT2D eigenvalue weighted by molar-refractivity contribution is 0.582. The zero-order valence-corrected chi connectivity index (χ0v) is 14.4. The lowest BCUT2D eigenvalue weighted by atomic mass is 9.99. The van der Waals surface area contributed by atoms with E-state index in [4.69, 9.17) is 22.3 Å². The molecule has 0 aromatic heterocycles. The van der Waals surface area contributed by atoms with Crippen LogP contribution in [0.3, 0.4) is 0 Å². The molecule has 1 unspecified atom stereocenters. The SMILES string of the molecule is CC(C)C1=NC(C=CC(N)=C(C(=N)N)C(=N)c2ccc(F)cc2F)NN1. The standard InChI is InChI=1S/C17H21F2N7/c1-8(2)17-24-13(25-26-17)6-5-12(20)14(16(22)23)15(21)10-4-3-9(18)7-11(10)19/h3-8,13,21,25H,20H2,1-2H3,(H3,22,23)(H,24,26). The predicted octanol–water partition coefficient (Wildman–Crippen LogP) is 1.53. The van der Waals surface area contributed by atoms with Crippen molar-refractivity contribution in [2.24, 2.45) is 22.4 Å². The number of hydrogen-bond donors (Lipinski definition) is 6. The Morgan fingerprint density at radius 1 is 1.27 bits per heavy atom. The number of nitrogens with zero attached hydrogens (tertiary/aromatic N) is 1. The van der Waals surface area contributed by atoms with E-state index in [1.807, 2.05) is 13.8 Å². The van der Waals surface area contributed by atoms with Gasteiger partial charge in [0.1, 0.15) is 29.5 Å². The molecular formula is C17H21F2N7. The van der Waals surface area contributed by atoms with Gasteiger partial charge in [0.25, 0.3) is 0 Å². The number of amidine groups is 2. The van der Waals surface area contributed by atoms with Crippen molar-refractivity contribution in [1.82, 2.24) is 10.9 Å². The van der Waals surface area contributed by atoms with Crippen LogP contribution in [-0.2, 0) is 0 Å². The molecule has 1 aromatic rings. The number of hydrogen-bond acceptors (Lipinski definition) is 6. The van der Waals surface area contributed by atoms with Gasteiger partial charge in [-0.1, -0.05) is 13.8 Å². The van der Waals surface area contributed by atoms with Gasteiger partial charge in [-0.05, 0) is 24.3 Å². The average molecular weight is 361 g/mol. The minimum Gasteiger partial charge on any atom is -0.398 e. The van der Waals surface area contributed by atoms with E-state index in [9.17, 15) is 8.78 Å². The minimum absolute atomic E-state index is 0.00113. The highest BCUT2D eigenvalue weighted by Gasteiger charge is 2.19. The van der Waals surface area contributed by atoms with Gasteiger partial charge in [0.2, 0.25) is 0 Å². The van der Waals surface area contributed by atoms with E-state index in [0.29, 0.717) is 6.07 Å². The number of hydrazine groups is 1. The Morgan fingerprint density at radius 2 is 1.96 bits per heavy atom. The molecule has 0 saturated heterocycles. The van der Waals surface area contributed by atoms with E-state index in [0.717, 1.165) is 18.0 Å². The van der Waals surface area contributed by atoms with Gasteiger partial charge >= 0.3 is 0 Å². The first kappa shape index (κ1) is 19.3. The monoisotopic (exact) mass is 361 g/mol. The fraction of sp³-hybridized carbons (Fsp3) is 0.235. The van der Waals surface area contributed by atoms with Crippen molar-refractivity contribution in [3.05, 3.63) is 58.8 Å². The maximum atomic E-state index is 13.9. The van der Waals surface area contributed by atoms with Crippen molar-refractivity contribution in [3.8, 4) is 0 Å². The molecule has 0 aliphatic carbocycles. The molecule has 26 heavy (non-hydrogen) atoms. The summed E-state index contributed by atoms with van der Waals surface area (Å²) in [6, 6.07) is 2.78. The van der Waals surface area contributed by atoms with E-state index in [-0.39, 0.29) is 28.9 Å². The number of aliphatic imine (C=N–C) groups is 1. The molecule has 9 heteroatoms. The van der Waals surface area contributed by atoms with Gasteiger partial charge in [-0.2, -0.15) is 0 Å². The van der Waals surface area contributed by atoms with Gasteiger partial charge in [-0.15, -0.1) is 0 Å². The van der Waals surface area contributed by atoms with Crippen molar-refractivity contribution in [2.75, 3.05) is 0 Å². The summed E-state index contributed by atoms with van der Waals surface area (Å²) in [5.41, 5.74) is 16.6. The van der Waals surface area contributed by atoms with Crippen LogP contribution in [0.1, 0.15) is 19.4 Å². The molecule has 0 fully saturated rings. The van der Waals surface area contributed by atoms with Gasteiger partial charge in [0, 0.05) is 23.2 Å². The van der Waals surface area contributed by atoms with Crippen LogP contribution in [0.2, 0.25) is 0 Å². The molecule has 1 aliphatic heterocycles. The molecule has 8 N–H and O–H groups in total. The molecule has 7 nitrogen and oxygen atoms in total. The molecule has 1 atom stereocenters. The Morgan fingerprint density at radius 3 is 2.50 bits per heavy atom. The van der Waals surface area contributed by atoms with E-state index < -0.39 is 23.2 Å². The Bertz CT molecular complexity index is 824. The van der Waals surface area contributed by atoms with Crippen molar-refractivity contribution < 1.29 is 8.78 Å². The van der Waals surface area contributed by atoms with Crippen LogP contribution < -0.4 is 22.3 Å². The Hall–Kier alpha value is -3.07. The molecule has 2 rings (SSSR count). The molecule has 0 radical (unpaired) electrons. The van der Waals surface area contributed by atoms with Gasteiger partial charge < -0.3 is 16.9 Å². The lowest BCUT2D eigenvalue weighted by Gasteiger charge is -2.11. The number of benzene rings is 1. The Kier molecular flexibility index (Phi) is 5.83. The van der Waals surface area contributed by atoms with E-state index in [1.54, 1.807) is 6.08 Å². The maximum Gasteiger partial charge on any atom is 0.137 e. The summed E-state index contributed by atoms with van der Waals surface area (Å²) >= 11 is 0. The predicted molar refractivity (Wildman–Crippen MR) is 97.8 cm³/mol. The quantitative estimate of drug-likeness (QED) is 0.260. The molecule has 1 aromatic carbocycles. The van der Waals surface area contributed by atoms with Crippen LogP contribution in [0.15, 0.2) is 46.6 Å². The van der Waals surface area contributed by atoms with E-state index >= 15 is 0 Å². The van der Waals surface area contributed by atoms with Gasteiger partial charge in [-0.25, -0.2) is 19.2 Å². The summed E-state index contributed by atoms with van der Waals surface area (Å²) in [5.74, 6) is -1.19. The maximum absolute atomic E-state index is 13.9. The fourth-order valence-corrected chi connectivity index (χ4v) is 2.29. The number of allylic oxidation sites excluding steroid dienone is 1. The zero-order valence-electron chi connectivity index (χ0n) is 14.4. The minimum atomic E-state index is -0.932. The molecule has 0 amide bonds. The molecule has 0 bridgehead atoms. The smallest absolute Gasteiger partial charge is 0.137 e. The largest absolute Gasteiger partial charge is 0.398 e. The molecule has 138 valence electrons. The van der Waals surface area contributed by atoms with Crippen LogP contribution in [0.25, 0.3) is 0 Å². The fourth-order valence-electron chi connectivity index (χ4n) is 2.29. The number of nitrogens with two attached hydrogens (primary N) is 2. The second kappa shape index (κ2) is 7.87. The van der Waals surface area contributed by atoms with Crippen LogP contribution in [0.5, 0.6) is 0 Å². The molecule has 1 heterocycles. The second-order valence-electron chi connectivity index (χ2n) is 5.99. The average Bonchev–Trinajstić information content (AvgIpc) is 3.01. The molecule has 0 saturated carbocycles. The van der Waals surface area contributed by atoms with Crippen LogP contribution >= 0.6 is 0 Å². The van der Waals surface area contributed by atoms with Crippen molar-refractivity contribution in [2.45, 2.75) is 20.0 Å². The summed E-state index contributed by atoms with van der Waals surface area (Å²) < 4.78 is 27.0. The van der Waals surface area contributed by atoms with Gasteiger partial charge in [-0.3, -0.25) is 10.8 Å². The van der Waals surface area contributed by atoms with Crippen LogP contribution in [0, 0.1) is 28.4 Å². The van der Waals surface area contributed by atoms with Crippen molar-refractivity contribution in [1.29, 1.82) is 10.8 Å². The van der Waals surface area contributed by atoms with Crippen LogP contribution in [0.4, 0.5) is 8.78 Å². The van der Waals surface area contributed by atoms with Gasteiger partial charge in [0.15, 0.2) is 0 Å². The highest BCUT2D eigenvalue weighted by molar-refractivity contribution is 6.27. The second-order valence-corrected chi connectivity index (χ2v) is 5.99. The third-order valence-electron chi connectivity index (χ3n) is 3.64. The normalized spacial score (nSPS) is 17.9. The highest BCUT2D eigenvalue weighted by atomic mass is 19.1. The first-order valence-electron chi connectivity index (χ1n) is 7.86. The summed E-state index contributed by atoms with van der Waals surface area (Å²) in [5, 5.41) is 15.8. The number of nitrogens with one attached hydrogen (secondary N) is 4. The summed E-state index contributed by atoms with van der Waals surface area (Å²) in [6.07, 6.45) is 2.68.